The Hall–Kier alpha value is -10.9. The number of methoxy groups -OCH3 is 4. The van der Waals surface area contributed by atoms with E-state index in [0.29, 0.717) is 41.6 Å². The van der Waals surface area contributed by atoms with Gasteiger partial charge >= 0.3 is 6.18 Å². The molecule has 0 heterocycles. The van der Waals surface area contributed by atoms with Crippen LogP contribution in [0.25, 0.3) is 0 Å². The zero-order chi connectivity index (χ0) is 75.1. The Morgan fingerprint density at radius 2 is 0.680 bits per heavy atom. The zero-order valence-corrected chi connectivity index (χ0v) is 57.0. The second-order valence-corrected chi connectivity index (χ2v) is 22.2. The lowest BCUT2D eigenvalue weighted by Crippen LogP contribution is -2.42. The third kappa shape index (κ3) is 32.0. The van der Waals surface area contributed by atoms with Crippen LogP contribution in [0.15, 0.2) is 92.8 Å². The summed E-state index contributed by atoms with van der Waals surface area (Å²) in [6.45, 7) is 7.07. The molecule has 0 unspecified atom stereocenters. The summed E-state index contributed by atoms with van der Waals surface area (Å²) in [6, 6.07) is 13.9. The minimum atomic E-state index is -4.64. The number of carbonyl (C=O) groups excluding carboxylic acids is 9. The maximum atomic E-state index is 14.4. The van der Waals surface area contributed by atoms with Crippen LogP contribution in [0.5, 0.6) is 23.0 Å². The zero-order valence-electron chi connectivity index (χ0n) is 57.0. The maximum absolute atomic E-state index is 14.4. The number of benzene rings is 4. The first-order valence-corrected chi connectivity index (χ1v) is 31.6. The van der Waals surface area contributed by atoms with Crippen molar-refractivity contribution in [3.8, 4) is 23.0 Å². The van der Waals surface area contributed by atoms with E-state index in [1.54, 1.807) is 24.3 Å². The van der Waals surface area contributed by atoms with Gasteiger partial charge in [-0.3, -0.25) is 63.1 Å². The second-order valence-electron chi connectivity index (χ2n) is 22.2. The average Bonchev–Trinajstić information content (AvgIpc) is 0.838. The van der Waals surface area contributed by atoms with Crippen LogP contribution in [0.1, 0.15) is 129 Å². The number of nitrogens with one attached hydrogen (secondary N) is 4. The normalized spacial score (nSPS) is 11.8. The Kier molecular flexibility index (Phi) is 38.2. The van der Waals surface area contributed by atoms with E-state index in [1.165, 1.54) is 77.0 Å². The predicted octanol–water partition coefficient (Wildman–Crippen LogP) is 0.567. The molecule has 0 saturated carbocycles. The number of aliphatic imine (C=N–C) groups is 4. The van der Waals surface area contributed by atoms with Gasteiger partial charge in [0.05, 0.1) is 74.9 Å². The van der Waals surface area contributed by atoms with E-state index in [9.17, 15) is 51.5 Å². The molecule has 0 fully saturated rings. The van der Waals surface area contributed by atoms with Gasteiger partial charge in [-0.25, -0.2) is 0 Å². The van der Waals surface area contributed by atoms with Crippen molar-refractivity contribution in [3.63, 3.8) is 0 Å². The number of aldehydes is 1. The molecule has 4 amide bonds. The minimum Gasteiger partial charge on any atom is -0.496 e. The molecule has 0 aliphatic heterocycles. The van der Waals surface area contributed by atoms with Crippen molar-refractivity contribution in [1.82, 2.24) is 21.3 Å². The molecule has 0 spiro atoms. The molecule has 100 heavy (non-hydrogen) atoms. The molecular formula is C66H95F3N18O13. The third-order valence-electron chi connectivity index (χ3n) is 14.5. The molecule has 0 radical (unpaired) electrons. The highest BCUT2D eigenvalue weighted by Crippen LogP contribution is 2.27. The standard InChI is InChI=1S/C60H83N17O12.C4H11N.C2HF3O/c1-86-49-17-13-33(25-37(49)53(62)82)30-46(79)42(10-6-22-72-58(65)66)75-55(84)39-27-35(15-19-51(39)88-3)32-48(81)44(12-8-24-74-60(69)70)77-56(85)40-28-36(16-20-52(40)89-4)31-47(80)43(11-7-23-73-59(67)68)76-54(83)38-26-34(14-18-50(38)87-2)29-45(78)41(61)9-5-21-71-57(63)64;1-3-5-4-2;3-2(4,5)1-6/h13-20,25-28,41-44H,5-12,21-24,29-32,61H2,1-4H3,(H2,62,82)(H,75,84)(H,76,83)(H,77,85)(H4,63,64,71)(H4,65,66,72)(H4,67,68,73)(H4,69,70,74);5H,3-4H2,1-2H3;1H/t41-,42+,43+,44+;;/m1../s1. The molecule has 0 saturated heterocycles. The minimum absolute atomic E-state index is 0.0204. The summed E-state index contributed by atoms with van der Waals surface area (Å²) in [5, 5.41) is 11.5. The number of nitrogens with zero attached hydrogens (tertiary/aromatic N) is 4. The van der Waals surface area contributed by atoms with Crippen LogP contribution in [0, 0.1) is 0 Å². The fraction of sp³-hybridized carbons (Fsp3) is 0.439. The number of halogens is 3. The first-order chi connectivity index (χ1) is 47.3. The fourth-order valence-corrected chi connectivity index (χ4v) is 9.58. The Bertz CT molecular complexity index is 3520. The number of Topliss-reactive ketones (excluding diaryl/α,β-unsaturated/α-hetero) is 4. The number of alkyl halides is 3. The predicted molar refractivity (Wildman–Crippen MR) is 373 cm³/mol. The number of carbonyl (C=O) groups is 9. The molecular weight excluding hydrogens is 1310 g/mol. The summed E-state index contributed by atoms with van der Waals surface area (Å²) in [5.74, 6) is -4.56. The summed E-state index contributed by atoms with van der Waals surface area (Å²) in [4.78, 5) is 135. The molecule has 0 aliphatic rings. The molecule has 0 aromatic heterocycles. The summed E-state index contributed by atoms with van der Waals surface area (Å²) in [6.07, 6.45) is -4.82. The van der Waals surface area contributed by atoms with Crippen molar-refractivity contribution in [3.05, 3.63) is 117 Å². The number of ether oxygens (including phenoxy) is 4. The summed E-state index contributed by atoms with van der Waals surface area (Å²) in [7, 11) is 5.42. The van der Waals surface area contributed by atoms with Crippen LogP contribution in [0.4, 0.5) is 13.2 Å². The summed E-state index contributed by atoms with van der Waals surface area (Å²) in [5.41, 5.74) is 57.5. The van der Waals surface area contributed by atoms with Crippen molar-refractivity contribution in [2.45, 2.75) is 121 Å². The fourth-order valence-electron chi connectivity index (χ4n) is 9.58. The van der Waals surface area contributed by atoms with Crippen molar-refractivity contribution < 1.29 is 75.3 Å². The van der Waals surface area contributed by atoms with Gasteiger partial charge < -0.3 is 97.6 Å². The summed E-state index contributed by atoms with van der Waals surface area (Å²) >= 11 is 0. The van der Waals surface area contributed by atoms with E-state index in [-0.39, 0.29) is 159 Å². The molecule has 0 aliphatic carbocycles. The first-order valence-electron chi connectivity index (χ1n) is 31.6. The molecule has 4 rings (SSSR count). The highest BCUT2D eigenvalue weighted by Gasteiger charge is 2.30. The molecule has 24 N–H and O–H groups in total. The van der Waals surface area contributed by atoms with Crippen LogP contribution >= 0.6 is 0 Å². The molecule has 0 bridgehead atoms. The van der Waals surface area contributed by atoms with Crippen molar-refractivity contribution in [2.75, 3.05) is 67.7 Å². The van der Waals surface area contributed by atoms with Crippen LogP contribution in [0.3, 0.4) is 0 Å². The van der Waals surface area contributed by atoms with E-state index in [1.807, 2.05) is 0 Å². The number of primary amides is 1. The Morgan fingerprint density at radius 1 is 0.430 bits per heavy atom. The largest absolute Gasteiger partial charge is 0.496 e. The third-order valence-corrected chi connectivity index (χ3v) is 14.5. The number of nitrogens with two attached hydrogens (primary N) is 10. The number of rotatable bonds is 41. The van der Waals surface area contributed by atoms with Gasteiger partial charge in [0.25, 0.3) is 23.6 Å². The lowest BCUT2D eigenvalue weighted by molar-refractivity contribution is -0.156. The van der Waals surface area contributed by atoms with Gasteiger partial charge in [-0.05, 0) is 135 Å². The van der Waals surface area contributed by atoms with Crippen molar-refractivity contribution >= 4 is 76.9 Å². The van der Waals surface area contributed by atoms with Gasteiger partial charge in [-0.2, -0.15) is 13.2 Å². The van der Waals surface area contributed by atoms with Gasteiger partial charge in [-0.1, -0.05) is 38.1 Å². The van der Waals surface area contributed by atoms with Crippen LogP contribution in [-0.4, -0.2) is 175 Å². The topological polar surface area (TPSA) is 548 Å². The highest BCUT2D eigenvalue weighted by molar-refractivity contribution is 6.04. The molecule has 548 valence electrons. The Morgan fingerprint density at radius 3 is 0.910 bits per heavy atom. The molecule has 31 nitrogen and oxygen atoms in total. The van der Waals surface area contributed by atoms with Crippen molar-refractivity contribution in [2.24, 2.45) is 77.3 Å². The number of amides is 4. The monoisotopic (exact) mass is 1400 g/mol. The molecule has 4 aromatic rings. The Labute approximate surface area is 578 Å². The number of hydrogen-bond acceptors (Lipinski definition) is 19. The lowest BCUT2D eigenvalue weighted by Gasteiger charge is -2.21. The SMILES string of the molecule is CCNCC.COc1ccc(CC(=O)[C@H](CCCN=C(N)N)NC(=O)c2cc(CC(=O)[C@H](CCCN=C(N)N)NC(=O)c3cc(CC(=O)[C@H](CCCN=C(N)N)NC(=O)c4cc(CC(=O)[C@H](N)CCCN=C(N)N)ccc4OC)ccc3OC)ccc2OC)cc1C(N)=O.O=CC(F)(F)F. The number of hydrogen-bond donors (Lipinski definition) is 14. The van der Waals surface area contributed by atoms with E-state index < -0.39 is 77.6 Å². The van der Waals surface area contributed by atoms with E-state index in [4.69, 9.17) is 81.1 Å². The first kappa shape index (κ1) is 85.2. The van der Waals surface area contributed by atoms with E-state index in [0.717, 1.165) is 13.1 Å². The van der Waals surface area contributed by atoms with Crippen LogP contribution in [0.2, 0.25) is 0 Å². The summed E-state index contributed by atoms with van der Waals surface area (Å²) < 4.78 is 53.1. The highest BCUT2D eigenvalue weighted by atomic mass is 19.4. The molecule has 4 aromatic carbocycles. The quantitative estimate of drug-likeness (QED) is 0.0125. The molecule has 4 atom stereocenters. The number of guanidine groups is 4. The van der Waals surface area contributed by atoms with Gasteiger partial charge in [0.15, 0.2) is 47.0 Å². The lowest BCUT2D eigenvalue weighted by atomic mass is 9.96. The smallest absolute Gasteiger partial charge is 0.446 e. The average molecular weight is 1410 g/mol. The van der Waals surface area contributed by atoms with E-state index >= 15 is 0 Å². The number of ketones is 4. The van der Waals surface area contributed by atoms with Gasteiger partial charge in [0.2, 0.25) is 6.29 Å². The molecule has 34 heteroatoms. The van der Waals surface area contributed by atoms with Crippen LogP contribution in [-0.2, 0) is 49.7 Å². The second kappa shape index (κ2) is 44.8. The maximum Gasteiger partial charge on any atom is 0.446 e. The Balaban J connectivity index is 0.00000285. The van der Waals surface area contributed by atoms with Gasteiger partial charge in [-0.15, -0.1) is 0 Å². The van der Waals surface area contributed by atoms with Gasteiger partial charge in [0.1, 0.15) is 23.0 Å². The van der Waals surface area contributed by atoms with E-state index in [2.05, 4.69) is 55.1 Å². The van der Waals surface area contributed by atoms with Crippen molar-refractivity contribution in [1.29, 1.82) is 0 Å². The van der Waals surface area contributed by atoms with Gasteiger partial charge in [0, 0.05) is 51.9 Å². The van der Waals surface area contributed by atoms with Crippen LogP contribution < -0.4 is 97.6 Å².